The molecule has 1 aromatic rings. The minimum Gasteiger partial charge on any atom is -0.476 e. The van der Waals surface area contributed by atoms with E-state index < -0.39 is 5.82 Å². The average molecular weight is 276 g/mol. The van der Waals surface area contributed by atoms with Crippen molar-refractivity contribution in [3.05, 3.63) is 22.6 Å². The van der Waals surface area contributed by atoms with Gasteiger partial charge in [-0.1, -0.05) is 13.8 Å². The van der Waals surface area contributed by atoms with Gasteiger partial charge in [-0.2, -0.15) is 0 Å². The predicted molar refractivity (Wildman–Crippen MR) is 61.5 cm³/mol. The summed E-state index contributed by atoms with van der Waals surface area (Å²) in [6.07, 6.45) is 3.54. The van der Waals surface area contributed by atoms with Crippen molar-refractivity contribution in [2.75, 3.05) is 6.61 Å². The van der Waals surface area contributed by atoms with Crippen LogP contribution in [0.4, 0.5) is 4.39 Å². The molecule has 1 aromatic heterocycles. The van der Waals surface area contributed by atoms with E-state index in [1.54, 1.807) is 0 Å². The van der Waals surface area contributed by atoms with Crippen LogP contribution in [0, 0.1) is 11.7 Å². The highest BCUT2D eigenvalue weighted by molar-refractivity contribution is 9.10. The van der Waals surface area contributed by atoms with Crippen LogP contribution in [0.2, 0.25) is 0 Å². The van der Waals surface area contributed by atoms with Gasteiger partial charge in [0.25, 0.3) is 0 Å². The zero-order chi connectivity index (χ0) is 11.3. The lowest BCUT2D eigenvalue weighted by molar-refractivity contribution is 0.273. The number of hydrogen-bond acceptors (Lipinski definition) is 2. The van der Waals surface area contributed by atoms with Gasteiger partial charge in [-0.25, -0.2) is 9.37 Å². The van der Waals surface area contributed by atoms with Crippen LogP contribution in [-0.4, -0.2) is 11.6 Å². The van der Waals surface area contributed by atoms with Gasteiger partial charge in [0.1, 0.15) is 0 Å². The molecule has 1 rings (SSSR count). The maximum Gasteiger partial charge on any atom is 0.250 e. The molecular weight excluding hydrogens is 261 g/mol. The zero-order valence-corrected chi connectivity index (χ0v) is 10.6. The summed E-state index contributed by atoms with van der Waals surface area (Å²) < 4.78 is 19.1. The lowest BCUT2D eigenvalue weighted by Gasteiger charge is -2.07. The van der Waals surface area contributed by atoms with E-state index in [4.69, 9.17) is 4.74 Å². The third-order valence-electron chi connectivity index (χ3n) is 1.94. The summed E-state index contributed by atoms with van der Waals surface area (Å²) in [6, 6.07) is 1.35. The Hall–Kier alpha value is -0.640. The first-order chi connectivity index (χ1) is 7.09. The van der Waals surface area contributed by atoms with Gasteiger partial charge < -0.3 is 4.74 Å². The largest absolute Gasteiger partial charge is 0.476 e. The van der Waals surface area contributed by atoms with Crippen molar-refractivity contribution in [1.29, 1.82) is 0 Å². The molecule has 0 unspecified atom stereocenters. The van der Waals surface area contributed by atoms with Crippen LogP contribution in [0.5, 0.6) is 5.88 Å². The highest BCUT2D eigenvalue weighted by atomic mass is 79.9. The predicted octanol–water partition coefficient (Wildman–Crippen LogP) is 3.80. The summed E-state index contributed by atoms with van der Waals surface area (Å²) in [5.74, 6) is 0.312. The minimum absolute atomic E-state index is 0.0851. The van der Waals surface area contributed by atoms with Gasteiger partial charge in [-0.15, -0.1) is 0 Å². The fraction of sp³-hybridized carbons (Fsp3) is 0.545. The summed E-state index contributed by atoms with van der Waals surface area (Å²) in [5.41, 5.74) is 0. The molecule has 0 aliphatic heterocycles. The van der Waals surface area contributed by atoms with E-state index in [-0.39, 0.29) is 5.88 Å². The summed E-state index contributed by atoms with van der Waals surface area (Å²) >= 11 is 3.14. The average Bonchev–Trinajstić information content (AvgIpc) is 2.14. The Bertz CT molecular complexity index is 317. The van der Waals surface area contributed by atoms with Crippen molar-refractivity contribution in [2.24, 2.45) is 5.92 Å². The standard InChI is InChI=1S/C11H15BrFNO/c1-8(2)4-3-5-15-11-10(13)6-9(12)7-14-11/h6-8H,3-5H2,1-2H3. The normalized spacial score (nSPS) is 10.7. The fourth-order valence-electron chi connectivity index (χ4n) is 1.17. The van der Waals surface area contributed by atoms with Crippen LogP contribution < -0.4 is 4.74 Å². The summed E-state index contributed by atoms with van der Waals surface area (Å²) in [4.78, 5) is 3.85. The van der Waals surface area contributed by atoms with Crippen LogP contribution in [0.25, 0.3) is 0 Å². The maximum atomic E-state index is 13.2. The molecule has 0 saturated carbocycles. The maximum absolute atomic E-state index is 13.2. The second kappa shape index (κ2) is 6.05. The number of pyridine rings is 1. The zero-order valence-electron chi connectivity index (χ0n) is 8.96. The van der Waals surface area contributed by atoms with E-state index in [9.17, 15) is 4.39 Å². The molecule has 15 heavy (non-hydrogen) atoms. The lowest BCUT2D eigenvalue weighted by Crippen LogP contribution is -2.02. The van der Waals surface area contributed by atoms with Crippen LogP contribution in [0.15, 0.2) is 16.7 Å². The number of hydrogen-bond donors (Lipinski definition) is 0. The second-order valence-electron chi connectivity index (χ2n) is 3.83. The topological polar surface area (TPSA) is 22.1 Å². The molecule has 0 aromatic carbocycles. The summed E-state index contributed by atoms with van der Waals surface area (Å²) in [6.45, 7) is 4.82. The SMILES string of the molecule is CC(C)CCCOc1ncc(Br)cc1F. The Labute approximate surface area is 98.0 Å². The lowest BCUT2D eigenvalue weighted by atomic mass is 10.1. The van der Waals surface area contributed by atoms with Crippen molar-refractivity contribution < 1.29 is 9.13 Å². The third kappa shape index (κ3) is 4.60. The fourth-order valence-corrected chi connectivity index (χ4v) is 1.47. The van der Waals surface area contributed by atoms with Gasteiger partial charge in [-0.3, -0.25) is 0 Å². The Kier molecular flexibility index (Phi) is 5.02. The van der Waals surface area contributed by atoms with Crippen molar-refractivity contribution in [3.63, 3.8) is 0 Å². The van der Waals surface area contributed by atoms with Gasteiger partial charge in [0.2, 0.25) is 5.88 Å². The first kappa shape index (κ1) is 12.4. The summed E-state index contributed by atoms with van der Waals surface area (Å²) in [5, 5.41) is 0. The smallest absolute Gasteiger partial charge is 0.250 e. The molecule has 0 amide bonds. The van der Waals surface area contributed by atoms with E-state index in [0.717, 1.165) is 12.8 Å². The van der Waals surface area contributed by atoms with E-state index in [2.05, 4.69) is 34.8 Å². The molecule has 0 aliphatic carbocycles. The van der Waals surface area contributed by atoms with Gasteiger partial charge in [0, 0.05) is 10.7 Å². The molecule has 0 radical (unpaired) electrons. The van der Waals surface area contributed by atoms with Crippen molar-refractivity contribution in [3.8, 4) is 5.88 Å². The van der Waals surface area contributed by atoms with Crippen molar-refractivity contribution >= 4 is 15.9 Å². The first-order valence-corrected chi connectivity index (χ1v) is 5.82. The van der Waals surface area contributed by atoms with E-state index >= 15 is 0 Å². The minimum atomic E-state index is -0.422. The number of halogens is 2. The molecular formula is C11H15BrFNO. The second-order valence-corrected chi connectivity index (χ2v) is 4.74. The third-order valence-corrected chi connectivity index (χ3v) is 2.37. The number of rotatable bonds is 5. The van der Waals surface area contributed by atoms with Crippen molar-refractivity contribution in [1.82, 2.24) is 4.98 Å². The van der Waals surface area contributed by atoms with Gasteiger partial charge in [-0.05, 0) is 40.8 Å². The molecule has 0 saturated heterocycles. The van der Waals surface area contributed by atoms with Crippen LogP contribution in [0.3, 0.4) is 0 Å². The number of aromatic nitrogens is 1. The van der Waals surface area contributed by atoms with Crippen LogP contribution in [0.1, 0.15) is 26.7 Å². The Balaban J connectivity index is 2.37. The highest BCUT2D eigenvalue weighted by Crippen LogP contribution is 2.18. The molecule has 0 atom stereocenters. The number of nitrogens with zero attached hydrogens (tertiary/aromatic N) is 1. The molecule has 0 spiro atoms. The summed E-state index contributed by atoms with van der Waals surface area (Å²) in [7, 11) is 0. The van der Waals surface area contributed by atoms with Gasteiger partial charge >= 0.3 is 0 Å². The Morgan fingerprint density at radius 1 is 1.53 bits per heavy atom. The quantitative estimate of drug-likeness (QED) is 0.763. The molecule has 0 bridgehead atoms. The monoisotopic (exact) mass is 275 g/mol. The number of ether oxygens (including phenoxy) is 1. The van der Waals surface area contributed by atoms with Gasteiger partial charge in [0.15, 0.2) is 5.82 Å². The molecule has 2 nitrogen and oxygen atoms in total. The van der Waals surface area contributed by atoms with E-state index in [1.165, 1.54) is 12.3 Å². The highest BCUT2D eigenvalue weighted by Gasteiger charge is 2.05. The van der Waals surface area contributed by atoms with Crippen LogP contribution >= 0.6 is 15.9 Å². The van der Waals surface area contributed by atoms with E-state index in [0.29, 0.717) is 17.0 Å². The van der Waals surface area contributed by atoms with E-state index in [1.807, 2.05) is 0 Å². The molecule has 4 heteroatoms. The Morgan fingerprint density at radius 2 is 2.27 bits per heavy atom. The first-order valence-electron chi connectivity index (χ1n) is 5.03. The molecule has 1 heterocycles. The molecule has 0 aliphatic rings. The van der Waals surface area contributed by atoms with Crippen LogP contribution in [-0.2, 0) is 0 Å². The van der Waals surface area contributed by atoms with Crippen molar-refractivity contribution in [2.45, 2.75) is 26.7 Å². The molecule has 84 valence electrons. The van der Waals surface area contributed by atoms with Gasteiger partial charge in [0.05, 0.1) is 6.61 Å². The molecule has 0 fully saturated rings. The molecule has 0 N–H and O–H groups in total. The Morgan fingerprint density at radius 3 is 2.87 bits per heavy atom.